The standard InChI is InChI=1S/C12H22O11/c13-1-3-5(15)6(16)9(19)12(22-3)23-10-4(2-14)21-11(20)8(18)7(10)17/h3-20H,1-2H2/t3-,4+,5+,6-,7-,8-,9-,10+,11+,12-/m0/s1. The van der Waals surface area contributed by atoms with E-state index in [-0.39, 0.29) is 0 Å². The summed E-state index contributed by atoms with van der Waals surface area (Å²) in [5.41, 5.74) is 0. The highest BCUT2D eigenvalue weighted by Crippen LogP contribution is 2.28. The predicted molar refractivity (Wildman–Crippen MR) is 68.6 cm³/mol. The summed E-state index contributed by atoms with van der Waals surface area (Å²) in [5.74, 6) is 0. The summed E-state index contributed by atoms with van der Waals surface area (Å²) >= 11 is 0. The molecule has 136 valence electrons. The molecule has 8 N–H and O–H groups in total. The predicted octanol–water partition coefficient (Wildman–Crippen LogP) is -5.40. The first-order chi connectivity index (χ1) is 10.8. The lowest BCUT2D eigenvalue weighted by Gasteiger charge is -2.45. The minimum atomic E-state index is -1.74. The second-order valence-corrected chi connectivity index (χ2v) is 5.53. The van der Waals surface area contributed by atoms with Crippen LogP contribution in [0.3, 0.4) is 0 Å². The number of rotatable bonds is 4. The molecule has 0 unspecified atom stereocenters. The third-order valence-corrected chi connectivity index (χ3v) is 3.98. The zero-order valence-corrected chi connectivity index (χ0v) is 12.0. The van der Waals surface area contributed by atoms with Crippen LogP contribution in [0, 0.1) is 0 Å². The quantitative estimate of drug-likeness (QED) is 0.243. The van der Waals surface area contributed by atoms with Gasteiger partial charge in [0.15, 0.2) is 12.6 Å². The van der Waals surface area contributed by atoms with Crippen molar-refractivity contribution in [3.63, 3.8) is 0 Å². The van der Waals surface area contributed by atoms with Gasteiger partial charge in [-0.15, -0.1) is 0 Å². The fraction of sp³-hybridized carbons (Fsp3) is 1.00. The molecule has 0 amide bonds. The monoisotopic (exact) mass is 342 g/mol. The maximum atomic E-state index is 9.94. The lowest BCUT2D eigenvalue weighted by atomic mass is 9.97. The topological polar surface area (TPSA) is 190 Å². The molecule has 0 spiro atoms. The maximum absolute atomic E-state index is 9.94. The van der Waals surface area contributed by atoms with Gasteiger partial charge in [-0.05, 0) is 0 Å². The first-order valence-corrected chi connectivity index (χ1v) is 7.08. The molecule has 23 heavy (non-hydrogen) atoms. The first-order valence-electron chi connectivity index (χ1n) is 7.08. The number of ether oxygens (including phenoxy) is 3. The van der Waals surface area contributed by atoms with Crippen molar-refractivity contribution in [2.75, 3.05) is 13.2 Å². The molecule has 0 radical (unpaired) electrons. The maximum Gasteiger partial charge on any atom is 0.187 e. The van der Waals surface area contributed by atoms with E-state index in [9.17, 15) is 35.7 Å². The fourth-order valence-electron chi connectivity index (χ4n) is 2.57. The summed E-state index contributed by atoms with van der Waals surface area (Å²) in [4.78, 5) is 0. The van der Waals surface area contributed by atoms with Crippen LogP contribution in [0.5, 0.6) is 0 Å². The molecule has 0 aromatic heterocycles. The molecule has 2 heterocycles. The number of hydrogen-bond acceptors (Lipinski definition) is 11. The van der Waals surface area contributed by atoms with Gasteiger partial charge in [0, 0.05) is 0 Å². The Balaban J connectivity index is 2.11. The van der Waals surface area contributed by atoms with E-state index in [4.69, 9.17) is 19.3 Å². The van der Waals surface area contributed by atoms with Crippen LogP contribution in [-0.4, -0.2) is 115 Å². The van der Waals surface area contributed by atoms with Crippen LogP contribution in [0.15, 0.2) is 0 Å². The summed E-state index contributed by atoms with van der Waals surface area (Å²) in [6.45, 7) is -1.35. The van der Waals surface area contributed by atoms with Gasteiger partial charge in [-0.3, -0.25) is 0 Å². The fourth-order valence-corrected chi connectivity index (χ4v) is 2.57. The van der Waals surface area contributed by atoms with Gasteiger partial charge >= 0.3 is 0 Å². The largest absolute Gasteiger partial charge is 0.394 e. The Kier molecular flexibility index (Phi) is 6.27. The normalized spacial score (nSPS) is 51.7. The van der Waals surface area contributed by atoms with Crippen LogP contribution in [-0.2, 0) is 14.2 Å². The van der Waals surface area contributed by atoms with Gasteiger partial charge in [-0.2, -0.15) is 0 Å². The molecule has 11 nitrogen and oxygen atoms in total. The van der Waals surface area contributed by atoms with Crippen molar-refractivity contribution in [2.24, 2.45) is 0 Å². The lowest BCUT2D eigenvalue weighted by molar-refractivity contribution is -0.355. The molecule has 0 bridgehead atoms. The van der Waals surface area contributed by atoms with Crippen molar-refractivity contribution in [3.05, 3.63) is 0 Å². The van der Waals surface area contributed by atoms with E-state index in [1.54, 1.807) is 0 Å². The Hall–Kier alpha value is -0.440. The van der Waals surface area contributed by atoms with Crippen LogP contribution in [0.2, 0.25) is 0 Å². The van der Waals surface area contributed by atoms with Crippen LogP contribution >= 0.6 is 0 Å². The Bertz CT molecular complexity index is 378. The number of hydrogen-bond donors (Lipinski definition) is 8. The smallest absolute Gasteiger partial charge is 0.187 e. The van der Waals surface area contributed by atoms with Gasteiger partial charge in [-0.25, -0.2) is 0 Å². The van der Waals surface area contributed by atoms with Crippen LogP contribution < -0.4 is 0 Å². The van der Waals surface area contributed by atoms with E-state index >= 15 is 0 Å². The van der Waals surface area contributed by atoms with Gasteiger partial charge in [-0.1, -0.05) is 0 Å². The summed E-state index contributed by atoms with van der Waals surface area (Å²) in [5, 5.41) is 76.5. The molecule has 10 atom stereocenters. The zero-order valence-electron chi connectivity index (χ0n) is 12.0. The number of aliphatic hydroxyl groups excluding tert-OH is 8. The lowest BCUT2D eigenvalue weighted by Crippen LogP contribution is -2.64. The highest BCUT2D eigenvalue weighted by atomic mass is 16.7. The molecule has 0 aliphatic carbocycles. The van der Waals surface area contributed by atoms with E-state index < -0.39 is 74.6 Å². The van der Waals surface area contributed by atoms with Gasteiger partial charge in [0.1, 0.15) is 48.8 Å². The second-order valence-electron chi connectivity index (χ2n) is 5.53. The molecule has 0 aromatic carbocycles. The Morgan fingerprint density at radius 3 is 1.83 bits per heavy atom. The van der Waals surface area contributed by atoms with E-state index in [0.717, 1.165) is 0 Å². The number of aliphatic hydroxyl groups is 8. The van der Waals surface area contributed by atoms with Crippen LogP contribution in [0.25, 0.3) is 0 Å². The molecule has 2 saturated heterocycles. The molecular formula is C12H22O11. The summed E-state index contributed by atoms with van der Waals surface area (Å²) in [6, 6.07) is 0. The van der Waals surface area contributed by atoms with Crippen molar-refractivity contribution in [2.45, 2.75) is 61.4 Å². The highest BCUT2D eigenvalue weighted by Gasteiger charge is 2.50. The van der Waals surface area contributed by atoms with Crippen molar-refractivity contribution in [3.8, 4) is 0 Å². The minimum absolute atomic E-state index is 0.667. The van der Waals surface area contributed by atoms with E-state index in [0.29, 0.717) is 0 Å². The molecule has 11 heteroatoms. The van der Waals surface area contributed by atoms with E-state index in [1.165, 1.54) is 0 Å². The van der Waals surface area contributed by atoms with Crippen molar-refractivity contribution >= 4 is 0 Å². The molecule has 0 aromatic rings. The Labute approximate surface area is 130 Å². The molecule has 2 aliphatic heterocycles. The van der Waals surface area contributed by atoms with Gasteiger partial charge in [0.25, 0.3) is 0 Å². The minimum Gasteiger partial charge on any atom is -0.394 e. The third-order valence-electron chi connectivity index (χ3n) is 3.98. The van der Waals surface area contributed by atoms with E-state index in [1.807, 2.05) is 0 Å². The van der Waals surface area contributed by atoms with Crippen molar-refractivity contribution in [1.82, 2.24) is 0 Å². The molecule has 0 saturated carbocycles. The summed E-state index contributed by atoms with van der Waals surface area (Å²) in [7, 11) is 0. The third kappa shape index (κ3) is 3.65. The first kappa shape index (κ1) is 18.9. The van der Waals surface area contributed by atoms with Gasteiger partial charge in [0.05, 0.1) is 13.2 Å². The highest BCUT2D eigenvalue weighted by molar-refractivity contribution is 4.93. The van der Waals surface area contributed by atoms with Crippen LogP contribution in [0.1, 0.15) is 0 Å². The molecule has 2 aliphatic rings. The summed E-state index contributed by atoms with van der Waals surface area (Å²) in [6.07, 6.45) is -15.6. The average molecular weight is 342 g/mol. The van der Waals surface area contributed by atoms with Gasteiger partial charge < -0.3 is 55.1 Å². The summed E-state index contributed by atoms with van der Waals surface area (Å²) < 4.78 is 15.3. The van der Waals surface area contributed by atoms with E-state index in [2.05, 4.69) is 0 Å². The zero-order chi connectivity index (χ0) is 17.3. The Morgan fingerprint density at radius 2 is 1.26 bits per heavy atom. The van der Waals surface area contributed by atoms with Crippen molar-refractivity contribution < 1.29 is 55.1 Å². The van der Waals surface area contributed by atoms with Gasteiger partial charge in [0.2, 0.25) is 0 Å². The van der Waals surface area contributed by atoms with Crippen LogP contribution in [0.4, 0.5) is 0 Å². The average Bonchev–Trinajstić information content (AvgIpc) is 2.55. The molecule has 2 fully saturated rings. The molecule has 2 rings (SSSR count). The Morgan fingerprint density at radius 1 is 0.652 bits per heavy atom. The van der Waals surface area contributed by atoms with Crippen molar-refractivity contribution in [1.29, 1.82) is 0 Å². The SMILES string of the molecule is OC[C@@H]1O[C@@H](O[C@H]2[C@@H](O)[C@H](O)[C@H](O)O[C@@H]2CO)[C@@H](O)[C@@H](O)[C@@H]1O. The second kappa shape index (κ2) is 7.63. The molecular weight excluding hydrogens is 320 g/mol.